The molecule has 1 saturated carbocycles. The number of rotatable bonds is 1. The Bertz CT molecular complexity index is 432. The van der Waals surface area contributed by atoms with E-state index in [0.717, 1.165) is 24.0 Å². The van der Waals surface area contributed by atoms with Crippen LogP contribution in [-0.2, 0) is 4.79 Å². The summed E-state index contributed by atoms with van der Waals surface area (Å²) in [7, 11) is 0. The van der Waals surface area contributed by atoms with Gasteiger partial charge in [-0.15, -0.1) is 0 Å². The van der Waals surface area contributed by atoms with Gasteiger partial charge in [-0.2, -0.15) is 0 Å². The lowest BCUT2D eigenvalue weighted by molar-refractivity contribution is -0.138. The Morgan fingerprint density at radius 3 is 2.80 bits per heavy atom. The van der Waals surface area contributed by atoms with Crippen molar-refractivity contribution in [1.82, 2.24) is 15.0 Å². The summed E-state index contributed by atoms with van der Waals surface area (Å²) in [6.07, 6.45) is 5.16. The summed E-state index contributed by atoms with van der Waals surface area (Å²) in [6.45, 7) is 0. The van der Waals surface area contributed by atoms with Gasteiger partial charge >= 0.3 is 5.97 Å². The second-order valence-electron chi connectivity index (χ2n) is 3.39. The van der Waals surface area contributed by atoms with Gasteiger partial charge in [0.25, 0.3) is 0 Å². The highest BCUT2D eigenvalue weighted by Crippen LogP contribution is 2.28. The minimum Gasteiger partial charge on any atom is -0.481 e. The first-order valence-corrected chi connectivity index (χ1v) is 4.74. The number of aliphatic carboxylic acids is 1. The molecule has 0 aromatic carbocycles. The van der Waals surface area contributed by atoms with Gasteiger partial charge in [-0.25, -0.2) is 9.97 Å². The maximum Gasteiger partial charge on any atom is 0.306 e. The van der Waals surface area contributed by atoms with Crippen molar-refractivity contribution >= 4 is 17.1 Å². The molecule has 0 aliphatic heterocycles. The van der Waals surface area contributed by atoms with E-state index in [-0.39, 0.29) is 5.92 Å². The van der Waals surface area contributed by atoms with Gasteiger partial charge in [-0.05, 0) is 25.0 Å². The first kappa shape index (κ1) is 9.64. The summed E-state index contributed by atoms with van der Waals surface area (Å²) in [5, 5.41) is 8.05. The monoisotopic (exact) mass is 205 g/mol. The van der Waals surface area contributed by atoms with E-state index in [0.29, 0.717) is 0 Å². The molecule has 0 spiro atoms. The molecule has 0 radical (unpaired) electrons. The average molecular weight is 205 g/mol. The molecule has 78 valence electrons. The van der Waals surface area contributed by atoms with Crippen molar-refractivity contribution in [3.63, 3.8) is 0 Å². The number of hydrogen-bond acceptors (Lipinski definition) is 3. The highest BCUT2D eigenvalue weighted by molar-refractivity contribution is 5.72. The number of carbonyl (C=O) groups is 1. The van der Waals surface area contributed by atoms with E-state index in [1.165, 1.54) is 0 Å². The summed E-state index contributed by atoms with van der Waals surface area (Å²) in [5.74, 6) is -0.611. The summed E-state index contributed by atoms with van der Waals surface area (Å²) in [4.78, 5) is 20.7. The van der Waals surface area contributed by atoms with E-state index in [9.17, 15) is 4.79 Å². The van der Waals surface area contributed by atoms with Gasteiger partial charge in [0, 0.05) is 6.20 Å². The second-order valence-corrected chi connectivity index (χ2v) is 3.39. The van der Waals surface area contributed by atoms with E-state index in [1.807, 2.05) is 12.1 Å². The highest BCUT2D eigenvalue weighted by Gasteiger charge is 2.28. The third kappa shape index (κ3) is 2.52. The SMILES string of the molecule is O=C(O)C1CC1.c1cnc2nc[nH]c2c1. The molecule has 2 aromatic heterocycles. The minimum absolute atomic E-state index is 0.0185. The molecule has 2 heterocycles. The van der Waals surface area contributed by atoms with Gasteiger partial charge in [0.15, 0.2) is 5.65 Å². The summed E-state index contributed by atoms with van der Waals surface area (Å²) in [5.41, 5.74) is 1.76. The number of pyridine rings is 1. The third-order valence-electron chi connectivity index (χ3n) is 2.12. The van der Waals surface area contributed by atoms with Crippen LogP contribution in [-0.4, -0.2) is 26.0 Å². The van der Waals surface area contributed by atoms with Crippen LogP contribution in [0.4, 0.5) is 0 Å². The summed E-state index contributed by atoms with van der Waals surface area (Å²) < 4.78 is 0. The molecule has 1 aliphatic carbocycles. The zero-order chi connectivity index (χ0) is 10.7. The Hall–Kier alpha value is -1.91. The van der Waals surface area contributed by atoms with Crippen molar-refractivity contribution in [2.75, 3.05) is 0 Å². The predicted molar refractivity (Wildman–Crippen MR) is 54.2 cm³/mol. The summed E-state index contributed by atoms with van der Waals surface area (Å²) in [6, 6.07) is 3.82. The summed E-state index contributed by atoms with van der Waals surface area (Å²) >= 11 is 0. The maximum atomic E-state index is 9.76. The molecule has 0 amide bonds. The smallest absolute Gasteiger partial charge is 0.306 e. The van der Waals surface area contributed by atoms with Crippen molar-refractivity contribution in [3.8, 4) is 0 Å². The van der Waals surface area contributed by atoms with Gasteiger partial charge in [0.1, 0.15) is 0 Å². The quantitative estimate of drug-likeness (QED) is 0.738. The molecule has 0 unspecified atom stereocenters. The number of nitrogens with one attached hydrogen (secondary N) is 1. The minimum atomic E-state index is -0.630. The normalized spacial score (nSPS) is 14.4. The van der Waals surface area contributed by atoms with Crippen molar-refractivity contribution < 1.29 is 9.90 Å². The first-order valence-electron chi connectivity index (χ1n) is 4.74. The number of imidazole rings is 1. The molecule has 5 heteroatoms. The number of nitrogens with zero attached hydrogens (tertiary/aromatic N) is 2. The second kappa shape index (κ2) is 4.08. The fourth-order valence-electron chi connectivity index (χ4n) is 1.11. The molecule has 5 nitrogen and oxygen atoms in total. The van der Waals surface area contributed by atoms with Crippen molar-refractivity contribution in [2.45, 2.75) is 12.8 Å². The Morgan fingerprint density at radius 2 is 2.27 bits per heavy atom. The number of carboxylic acids is 1. The molecule has 0 bridgehead atoms. The molecule has 3 rings (SSSR count). The number of H-pyrrole nitrogens is 1. The number of fused-ring (bicyclic) bond motifs is 1. The van der Waals surface area contributed by atoms with Crippen molar-refractivity contribution in [2.24, 2.45) is 5.92 Å². The number of aromatic nitrogens is 3. The highest BCUT2D eigenvalue weighted by atomic mass is 16.4. The lowest BCUT2D eigenvalue weighted by Crippen LogP contribution is -1.94. The Labute approximate surface area is 86.2 Å². The van der Waals surface area contributed by atoms with Crippen LogP contribution in [0.2, 0.25) is 0 Å². The van der Waals surface area contributed by atoms with Crippen LogP contribution in [0.3, 0.4) is 0 Å². The Kier molecular flexibility index (Phi) is 2.62. The largest absolute Gasteiger partial charge is 0.481 e. The number of aromatic amines is 1. The van der Waals surface area contributed by atoms with E-state index in [1.54, 1.807) is 12.5 Å². The molecule has 2 N–H and O–H groups in total. The van der Waals surface area contributed by atoms with Crippen LogP contribution in [0.15, 0.2) is 24.7 Å². The van der Waals surface area contributed by atoms with Gasteiger partial charge < -0.3 is 10.1 Å². The van der Waals surface area contributed by atoms with E-state index in [2.05, 4.69) is 15.0 Å². The number of hydrogen-bond donors (Lipinski definition) is 2. The van der Waals surface area contributed by atoms with E-state index in [4.69, 9.17) is 5.11 Å². The van der Waals surface area contributed by atoms with Crippen LogP contribution in [0, 0.1) is 5.92 Å². The first-order chi connectivity index (χ1) is 7.27. The lowest BCUT2D eigenvalue weighted by Gasteiger charge is -1.80. The molecule has 1 fully saturated rings. The van der Waals surface area contributed by atoms with E-state index >= 15 is 0 Å². The van der Waals surface area contributed by atoms with Crippen LogP contribution in [0.5, 0.6) is 0 Å². The van der Waals surface area contributed by atoms with Crippen LogP contribution >= 0.6 is 0 Å². The predicted octanol–water partition coefficient (Wildman–Crippen LogP) is 1.44. The third-order valence-corrected chi connectivity index (χ3v) is 2.12. The van der Waals surface area contributed by atoms with Crippen LogP contribution in [0.25, 0.3) is 11.2 Å². The molecule has 15 heavy (non-hydrogen) atoms. The Morgan fingerprint density at radius 1 is 1.47 bits per heavy atom. The molecular formula is C10H11N3O2. The van der Waals surface area contributed by atoms with Crippen molar-refractivity contribution in [1.29, 1.82) is 0 Å². The fraction of sp³-hybridized carbons (Fsp3) is 0.300. The van der Waals surface area contributed by atoms with Gasteiger partial charge in [0.2, 0.25) is 0 Å². The van der Waals surface area contributed by atoms with Gasteiger partial charge in [-0.1, -0.05) is 0 Å². The molecule has 0 saturated heterocycles. The number of carboxylic acid groups (broad SMARTS) is 1. The zero-order valence-corrected chi connectivity index (χ0v) is 8.05. The molecular weight excluding hydrogens is 194 g/mol. The van der Waals surface area contributed by atoms with Gasteiger partial charge in [0.05, 0.1) is 17.8 Å². The fourth-order valence-corrected chi connectivity index (χ4v) is 1.11. The Balaban J connectivity index is 0.000000124. The zero-order valence-electron chi connectivity index (χ0n) is 8.05. The van der Waals surface area contributed by atoms with Crippen molar-refractivity contribution in [3.05, 3.63) is 24.7 Å². The van der Waals surface area contributed by atoms with Gasteiger partial charge in [-0.3, -0.25) is 4.79 Å². The maximum absolute atomic E-state index is 9.76. The lowest BCUT2D eigenvalue weighted by atomic mass is 10.4. The molecule has 2 aromatic rings. The molecule has 0 atom stereocenters. The van der Waals surface area contributed by atoms with Crippen LogP contribution < -0.4 is 0 Å². The average Bonchev–Trinajstić information content (AvgIpc) is 2.98. The van der Waals surface area contributed by atoms with E-state index < -0.39 is 5.97 Å². The topological polar surface area (TPSA) is 78.9 Å². The standard InChI is InChI=1S/C6H5N3.C4H6O2/c1-2-5-6(7-3-1)9-4-8-5;5-4(6)3-1-2-3/h1-4H,(H,7,8,9);3H,1-2H2,(H,5,6). The molecule has 1 aliphatic rings. The van der Waals surface area contributed by atoms with Crippen LogP contribution in [0.1, 0.15) is 12.8 Å².